The topological polar surface area (TPSA) is 95.9 Å². The number of nitrogens with zero attached hydrogens (tertiary/aromatic N) is 4. The van der Waals surface area contributed by atoms with E-state index in [1.54, 1.807) is 13.4 Å². The van der Waals surface area contributed by atoms with Gasteiger partial charge in [-0.3, -0.25) is 9.36 Å². The van der Waals surface area contributed by atoms with Gasteiger partial charge in [0.2, 0.25) is 0 Å². The number of carbonyl (C=O) groups is 1. The largest absolute Gasteiger partial charge is 0.496 e. The van der Waals surface area contributed by atoms with E-state index in [1.807, 2.05) is 71.3 Å². The number of methoxy groups -OCH3 is 1. The summed E-state index contributed by atoms with van der Waals surface area (Å²) in [6.45, 7) is 0. The van der Waals surface area contributed by atoms with Crippen molar-refractivity contribution in [1.29, 1.82) is 0 Å². The monoisotopic (exact) mass is 395 g/mol. The molecule has 7 nitrogen and oxygen atoms in total. The van der Waals surface area contributed by atoms with Crippen LogP contribution >= 0.6 is 0 Å². The maximum Gasteiger partial charge on any atom is 0.269 e. The van der Waals surface area contributed by atoms with Gasteiger partial charge in [-0.05, 0) is 29.7 Å². The molecule has 5 aromatic rings. The van der Waals surface area contributed by atoms with Crippen molar-refractivity contribution in [3.8, 4) is 22.8 Å². The third kappa shape index (κ3) is 2.76. The number of hydrogen-bond acceptors (Lipinski definition) is 5. The summed E-state index contributed by atoms with van der Waals surface area (Å²) >= 11 is 0. The van der Waals surface area contributed by atoms with Gasteiger partial charge in [-0.1, -0.05) is 42.5 Å². The number of imidazole rings is 1. The van der Waals surface area contributed by atoms with Crippen molar-refractivity contribution in [3.05, 3.63) is 78.8 Å². The molecular weight excluding hydrogens is 378 g/mol. The second-order valence-electron chi connectivity index (χ2n) is 6.74. The molecule has 0 aliphatic heterocycles. The zero-order valence-electron chi connectivity index (χ0n) is 16.1. The molecule has 0 spiro atoms. The van der Waals surface area contributed by atoms with Crippen molar-refractivity contribution < 1.29 is 9.53 Å². The molecule has 0 unspecified atom stereocenters. The van der Waals surface area contributed by atoms with E-state index in [-0.39, 0.29) is 5.69 Å². The molecule has 7 heteroatoms. The molecule has 0 bridgehead atoms. The van der Waals surface area contributed by atoms with E-state index in [2.05, 4.69) is 9.97 Å². The fourth-order valence-corrected chi connectivity index (χ4v) is 3.61. The van der Waals surface area contributed by atoms with Gasteiger partial charge in [-0.25, -0.2) is 15.0 Å². The lowest BCUT2D eigenvalue weighted by Gasteiger charge is -2.11. The Hall–Kier alpha value is -4.26. The number of hydrogen-bond donors (Lipinski definition) is 1. The standard InChI is InChI=1S/C23H17N5O2/c1-30-18-12-11-17(15-9-5-6-10-16(15)18)22-26-19(21(24)29)20-23(27-22)28(13-25-20)14-7-3-2-4-8-14/h2-13H,1H3,(H2,24,29). The highest BCUT2D eigenvalue weighted by molar-refractivity contribution is 6.04. The normalized spacial score (nSPS) is 11.1. The number of rotatable bonds is 4. The van der Waals surface area contributed by atoms with E-state index >= 15 is 0 Å². The third-order valence-electron chi connectivity index (χ3n) is 5.01. The number of aromatic nitrogens is 4. The Kier molecular flexibility index (Phi) is 4.14. The SMILES string of the molecule is COc1ccc(-c2nc(C(N)=O)c3ncn(-c4ccccc4)c3n2)c2ccccc12. The van der Waals surface area contributed by atoms with Gasteiger partial charge in [0.15, 0.2) is 17.2 Å². The Labute approximate surface area is 171 Å². The molecule has 5 rings (SSSR count). The van der Waals surface area contributed by atoms with Crippen LogP contribution in [0.3, 0.4) is 0 Å². The molecule has 0 atom stereocenters. The predicted octanol–water partition coefficient (Wildman–Crippen LogP) is 3.74. The highest BCUT2D eigenvalue weighted by Gasteiger charge is 2.20. The minimum absolute atomic E-state index is 0.0876. The minimum Gasteiger partial charge on any atom is -0.496 e. The molecule has 0 saturated heterocycles. The fourth-order valence-electron chi connectivity index (χ4n) is 3.61. The summed E-state index contributed by atoms with van der Waals surface area (Å²) in [6, 6.07) is 21.2. The minimum atomic E-state index is -0.653. The van der Waals surface area contributed by atoms with Gasteiger partial charge in [0.25, 0.3) is 5.91 Å². The molecule has 0 aliphatic carbocycles. The van der Waals surface area contributed by atoms with Crippen LogP contribution in [0.2, 0.25) is 0 Å². The zero-order valence-corrected chi connectivity index (χ0v) is 16.1. The fraction of sp³-hybridized carbons (Fsp3) is 0.0435. The number of nitrogens with two attached hydrogens (primary N) is 1. The molecular formula is C23H17N5O2. The predicted molar refractivity (Wildman–Crippen MR) is 115 cm³/mol. The van der Waals surface area contributed by atoms with Crippen LogP contribution in [0.5, 0.6) is 5.75 Å². The molecule has 0 aliphatic rings. The van der Waals surface area contributed by atoms with Gasteiger partial charge in [-0.15, -0.1) is 0 Å². The summed E-state index contributed by atoms with van der Waals surface area (Å²) in [5.74, 6) is 0.493. The lowest BCUT2D eigenvalue weighted by Crippen LogP contribution is -2.15. The summed E-state index contributed by atoms with van der Waals surface area (Å²) in [4.78, 5) is 25.8. The molecule has 3 aromatic carbocycles. The van der Waals surface area contributed by atoms with Crippen LogP contribution in [-0.2, 0) is 0 Å². The highest BCUT2D eigenvalue weighted by atomic mass is 16.5. The van der Waals surface area contributed by atoms with Gasteiger partial charge in [0, 0.05) is 16.6 Å². The van der Waals surface area contributed by atoms with Gasteiger partial charge in [-0.2, -0.15) is 0 Å². The van der Waals surface area contributed by atoms with Crippen molar-refractivity contribution in [3.63, 3.8) is 0 Å². The molecule has 146 valence electrons. The first-order valence-corrected chi connectivity index (χ1v) is 9.34. The number of ether oxygens (including phenoxy) is 1. The third-order valence-corrected chi connectivity index (χ3v) is 5.01. The van der Waals surface area contributed by atoms with Gasteiger partial charge in [0.05, 0.1) is 7.11 Å². The summed E-state index contributed by atoms with van der Waals surface area (Å²) in [6.07, 6.45) is 1.62. The molecule has 0 fully saturated rings. The summed E-state index contributed by atoms with van der Waals surface area (Å²) in [7, 11) is 1.63. The molecule has 0 radical (unpaired) electrons. The Balaban J connectivity index is 1.83. The second-order valence-corrected chi connectivity index (χ2v) is 6.74. The number of fused-ring (bicyclic) bond motifs is 2. The quantitative estimate of drug-likeness (QED) is 0.500. The zero-order chi connectivity index (χ0) is 20.7. The maximum absolute atomic E-state index is 12.2. The maximum atomic E-state index is 12.2. The first kappa shape index (κ1) is 17.8. The van der Waals surface area contributed by atoms with Gasteiger partial charge in [0.1, 0.15) is 17.6 Å². The lowest BCUT2D eigenvalue weighted by atomic mass is 10.0. The summed E-state index contributed by atoms with van der Waals surface area (Å²) < 4.78 is 7.30. The Bertz CT molecular complexity index is 1410. The molecule has 2 heterocycles. The van der Waals surface area contributed by atoms with Crippen LogP contribution in [0.4, 0.5) is 0 Å². The van der Waals surface area contributed by atoms with Gasteiger partial charge < -0.3 is 10.5 Å². The molecule has 1 amide bonds. The van der Waals surface area contributed by atoms with Gasteiger partial charge >= 0.3 is 0 Å². The first-order chi connectivity index (χ1) is 14.7. The molecule has 2 aromatic heterocycles. The van der Waals surface area contributed by atoms with Crippen LogP contribution < -0.4 is 10.5 Å². The molecule has 2 N–H and O–H groups in total. The number of amides is 1. The van der Waals surface area contributed by atoms with Crippen LogP contribution in [-0.4, -0.2) is 32.5 Å². The van der Waals surface area contributed by atoms with Crippen molar-refractivity contribution in [2.45, 2.75) is 0 Å². The number of benzene rings is 3. The number of primary amides is 1. The van der Waals surface area contributed by atoms with E-state index in [4.69, 9.17) is 15.5 Å². The van der Waals surface area contributed by atoms with Crippen molar-refractivity contribution >= 4 is 27.8 Å². The Morgan fingerprint density at radius 1 is 0.933 bits per heavy atom. The Morgan fingerprint density at radius 3 is 2.40 bits per heavy atom. The van der Waals surface area contributed by atoms with Crippen LogP contribution in [0.15, 0.2) is 73.1 Å². The average Bonchev–Trinajstić information content (AvgIpc) is 3.22. The average molecular weight is 395 g/mol. The summed E-state index contributed by atoms with van der Waals surface area (Å²) in [5, 5.41) is 1.84. The van der Waals surface area contributed by atoms with Crippen molar-refractivity contribution in [2.24, 2.45) is 5.73 Å². The van der Waals surface area contributed by atoms with Crippen LogP contribution in [0, 0.1) is 0 Å². The number of carbonyl (C=O) groups excluding carboxylic acids is 1. The Morgan fingerprint density at radius 2 is 1.67 bits per heavy atom. The van der Waals surface area contributed by atoms with Crippen molar-refractivity contribution in [2.75, 3.05) is 7.11 Å². The van der Waals surface area contributed by atoms with E-state index in [0.717, 1.165) is 27.8 Å². The lowest BCUT2D eigenvalue weighted by molar-refractivity contribution is 0.0997. The van der Waals surface area contributed by atoms with Crippen LogP contribution in [0.1, 0.15) is 10.5 Å². The molecule has 30 heavy (non-hydrogen) atoms. The second kappa shape index (κ2) is 6.97. The van der Waals surface area contributed by atoms with E-state index < -0.39 is 5.91 Å². The summed E-state index contributed by atoms with van der Waals surface area (Å²) in [5.41, 5.74) is 8.25. The van der Waals surface area contributed by atoms with Crippen molar-refractivity contribution in [1.82, 2.24) is 19.5 Å². The smallest absolute Gasteiger partial charge is 0.269 e. The van der Waals surface area contributed by atoms with E-state index in [9.17, 15) is 4.79 Å². The number of para-hydroxylation sites is 1. The first-order valence-electron chi connectivity index (χ1n) is 9.34. The highest BCUT2D eigenvalue weighted by Crippen LogP contribution is 2.34. The van der Waals surface area contributed by atoms with E-state index in [1.165, 1.54) is 0 Å². The van der Waals surface area contributed by atoms with Crippen LogP contribution in [0.25, 0.3) is 39.0 Å². The van der Waals surface area contributed by atoms with E-state index in [0.29, 0.717) is 17.0 Å². The molecule has 0 saturated carbocycles.